The molecule has 4 aromatic rings. The molecule has 0 spiro atoms. The predicted molar refractivity (Wildman–Crippen MR) is 95.5 cm³/mol. The third kappa shape index (κ3) is 3.00. The topological polar surface area (TPSA) is 81.8 Å². The molecule has 0 radical (unpaired) electrons. The molecule has 0 aliphatic heterocycles. The molecule has 0 aliphatic rings. The normalized spacial score (nSPS) is 11.0. The molecule has 0 fully saturated rings. The van der Waals surface area contributed by atoms with Crippen molar-refractivity contribution in [2.75, 3.05) is 5.43 Å². The summed E-state index contributed by atoms with van der Waals surface area (Å²) < 4.78 is 15.6. The fourth-order valence-corrected chi connectivity index (χ4v) is 3.21. The number of carbonyl (C=O) groups is 1. The lowest BCUT2D eigenvalue weighted by Crippen LogP contribution is -2.33. The number of fused-ring (bicyclic) bond motifs is 1. The summed E-state index contributed by atoms with van der Waals surface area (Å²) in [6.45, 7) is 0. The molecule has 0 saturated heterocycles. The summed E-state index contributed by atoms with van der Waals surface area (Å²) in [6.07, 6.45) is 2.78. The average molecular weight is 369 g/mol. The van der Waals surface area contributed by atoms with E-state index < -0.39 is 5.56 Å². The Balaban J connectivity index is 1.64. The number of benzene rings is 1. The Morgan fingerprint density at radius 3 is 2.77 bits per heavy atom. The van der Waals surface area contributed by atoms with Crippen molar-refractivity contribution < 1.29 is 9.18 Å². The lowest BCUT2D eigenvalue weighted by atomic mass is 10.3. The molecule has 1 N–H and O–H groups in total. The van der Waals surface area contributed by atoms with Gasteiger partial charge in [0.25, 0.3) is 5.56 Å². The molecule has 130 valence electrons. The molecular formula is C17H12FN5O2S. The zero-order valence-corrected chi connectivity index (χ0v) is 14.1. The molecule has 1 amide bonds. The van der Waals surface area contributed by atoms with Crippen LogP contribution in [-0.2, 0) is 11.2 Å². The van der Waals surface area contributed by atoms with Crippen molar-refractivity contribution in [1.29, 1.82) is 0 Å². The molecule has 0 unspecified atom stereocenters. The van der Waals surface area contributed by atoms with E-state index >= 15 is 0 Å². The van der Waals surface area contributed by atoms with Crippen molar-refractivity contribution in [3.8, 4) is 5.69 Å². The van der Waals surface area contributed by atoms with E-state index in [0.717, 1.165) is 9.55 Å². The summed E-state index contributed by atoms with van der Waals surface area (Å²) in [5, 5.41) is 6.27. The first kappa shape index (κ1) is 16.2. The Morgan fingerprint density at radius 2 is 2.04 bits per heavy atom. The van der Waals surface area contributed by atoms with E-state index in [2.05, 4.69) is 15.5 Å². The highest BCUT2D eigenvalue weighted by Gasteiger charge is 2.13. The minimum absolute atomic E-state index is 0.178. The number of hydrogen-bond acceptors (Lipinski definition) is 5. The predicted octanol–water partition coefficient (Wildman–Crippen LogP) is 2.10. The fraction of sp³-hybridized carbons (Fsp3) is 0.0588. The molecule has 0 saturated carbocycles. The lowest BCUT2D eigenvalue weighted by Gasteiger charge is -2.07. The van der Waals surface area contributed by atoms with E-state index in [1.54, 1.807) is 0 Å². The maximum Gasteiger partial charge on any atom is 0.283 e. The van der Waals surface area contributed by atoms with Gasteiger partial charge in [0.1, 0.15) is 17.5 Å². The Bertz CT molecular complexity index is 1130. The highest BCUT2D eigenvalue weighted by atomic mass is 32.1. The van der Waals surface area contributed by atoms with Crippen molar-refractivity contribution in [1.82, 2.24) is 19.4 Å². The Kier molecular flexibility index (Phi) is 4.05. The van der Waals surface area contributed by atoms with Gasteiger partial charge in [0.15, 0.2) is 5.65 Å². The molecule has 3 heterocycles. The van der Waals surface area contributed by atoms with Crippen LogP contribution >= 0.6 is 11.3 Å². The van der Waals surface area contributed by atoms with Gasteiger partial charge >= 0.3 is 0 Å². The zero-order chi connectivity index (χ0) is 18.1. The van der Waals surface area contributed by atoms with Crippen molar-refractivity contribution in [3.05, 3.63) is 75.4 Å². The number of hydrogen-bond donors (Lipinski definition) is 1. The first-order valence-electron chi connectivity index (χ1n) is 7.65. The van der Waals surface area contributed by atoms with Crippen molar-refractivity contribution in [2.24, 2.45) is 0 Å². The van der Waals surface area contributed by atoms with E-state index in [0.29, 0.717) is 11.3 Å². The molecule has 7 nitrogen and oxygen atoms in total. The van der Waals surface area contributed by atoms with Crippen molar-refractivity contribution >= 4 is 28.3 Å². The Morgan fingerprint density at radius 1 is 1.23 bits per heavy atom. The number of thiophene rings is 1. The van der Waals surface area contributed by atoms with E-state index in [1.807, 2.05) is 17.5 Å². The van der Waals surface area contributed by atoms with Crippen LogP contribution in [0.3, 0.4) is 0 Å². The van der Waals surface area contributed by atoms with Gasteiger partial charge in [-0.3, -0.25) is 15.0 Å². The van der Waals surface area contributed by atoms with Gasteiger partial charge in [0.2, 0.25) is 5.91 Å². The van der Waals surface area contributed by atoms with E-state index in [1.165, 1.54) is 52.8 Å². The van der Waals surface area contributed by atoms with Crippen LogP contribution in [0.2, 0.25) is 0 Å². The quantitative estimate of drug-likeness (QED) is 0.597. The van der Waals surface area contributed by atoms with Gasteiger partial charge in [-0.05, 0) is 35.7 Å². The number of halogens is 1. The third-order valence-corrected chi connectivity index (χ3v) is 4.60. The zero-order valence-electron chi connectivity index (χ0n) is 13.3. The number of carbonyl (C=O) groups excluding carboxylic acids is 1. The first-order chi connectivity index (χ1) is 12.6. The fourth-order valence-electron chi connectivity index (χ4n) is 2.51. The summed E-state index contributed by atoms with van der Waals surface area (Å²) in [5.41, 5.74) is 2.98. The second-order valence-corrected chi connectivity index (χ2v) is 6.51. The van der Waals surface area contributed by atoms with E-state index in [4.69, 9.17) is 0 Å². The van der Waals surface area contributed by atoms with Gasteiger partial charge in [0.05, 0.1) is 18.3 Å². The number of aromatic nitrogens is 4. The summed E-state index contributed by atoms with van der Waals surface area (Å²) in [7, 11) is 0. The van der Waals surface area contributed by atoms with Crippen LogP contribution in [0.5, 0.6) is 0 Å². The standard InChI is InChI=1S/C17H12FN5O2S/c18-11-3-5-12(6-4-11)23-16-14(9-20-23)17(25)22(10-19-16)21-15(24)8-13-2-1-7-26-13/h1-7,9-10H,8H2,(H,21,24). The van der Waals surface area contributed by atoms with Gasteiger partial charge in [0, 0.05) is 4.88 Å². The van der Waals surface area contributed by atoms with Crippen LogP contribution in [0.1, 0.15) is 4.88 Å². The Labute approximate surface area is 150 Å². The van der Waals surface area contributed by atoms with E-state index in [-0.39, 0.29) is 23.5 Å². The summed E-state index contributed by atoms with van der Waals surface area (Å²) >= 11 is 1.47. The average Bonchev–Trinajstić information content (AvgIpc) is 3.28. The molecular weight excluding hydrogens is 357 g/mol. The summed E-state index contributed by atoms with van der Waals surface area (Å²) in [5.74, 6) is -0.685. The molecule has 3 aromatic heterocycles. The minimum atomic E-state index is -0.442. The molecule has 9 heteroatoms. The van der Waals surface area contributed by atoms with E-state index in [9.17, 15) is 14.0 Å². The van der Waals surface area contributed by atoms with Gasteiger partial charge < -0.3 is 0 Å². The molecule has 0 atom stereocenters. The molecule has 0 aliphatic carbocycles. The molecule has 4 rings (SSSR count). The van der Waals surface area contributed by atoms with Crippen molar-refractivity contribution in [3.63, 3.8) is 0 Å². The van der Waals surface area contributed by atoms with Crippen LogP contribution in [0.15, 0.2) is 59.1 Å². The third-order valence-electron chi connectivity index (χ3n) is 3.72. The second-order valence-electron chi connectivity index (χ2n) is 5.48. The summed E-state index contributed by atoms with van der Waals surface area (Å²) in [6, 6.07) is 9.39. The number of rotatable bonds is 4. The molecule has 26 heavy (non-hydrogen) atoms. The first-order valence-corrected chi connectivity index (χ1v) is 8.53. The largest absolute Gasteiger partial charge is 0.283 e. The number of nitrogens with zero attached hydrogens (tertiary/aromatic N) is 4. The second kappa shape index (κ2) is 6.52. The maximum atomic E-state index is 13.1. The lowest BCUT2D eigenvalue weighted by molar-refractivity contribution is -0.116. The SMILES string of the molecule is O=C(Cc1cccs1)Nn1cnc2c(cnn2-c2ccc(F)cc2)c1=O. The molecule has 1 aromatic carbocycles. The van der Waals surface area contributed by atoms with Gasteiger partial charge in [-0.25, -0.2) is 18.7 Å². The van der Waals surface area contributed by atoms with Crippen LogP contribution in [0, 0.1) is 5.82 Å². The van der Waals surface area contributed by atoms with Gasteiger partial charge in [-0.15, -0.1) is 11.3 Å². The van der Waals surface area contributed by atoms with Gasteiger partial charge in [-0.2, -0.15) is 5.10 Å². The highest BCUT2D eigenvalue weighted by molar-refractivity contribution is 7.10. The van der Waals surface area contributed by atoms with Crippen LogP contribution in [-0.4, -0.2) is 25.3 Å². The van der Waals surface area contributed by atoms with Gasteiger partial charge in [-0.1, -0.05) is 6.07 Å². The monoisotopic (exact) mass is 369 g/mol. The van der Waals surface area contributed by atoms with Crippen LogP contribution < -0.4 is 11.0 Å². The maximum absolute atomic E-state index is 13.1. The Hall–Kier alpha value is -3.33. The van der Waals surface area contributed by atoms with Crippen molar-refractivity contribution in [2.45, 2.75) is 6.42 Å². The van der Waals surface area contributed by atoms with Crippen LogP contribution in [0.4, 0.5) is 4.39 Å². The van der Waals surface area contributed by atoms with Crippen LogP contribution in [0.25, 0.3) is 16.7 Å². The minimum Gasteiger partial charge on any atom is -0.273 e. The molecule has 0 bridgehead atoms. The number of amides is 1. The number of nitrogens with one attached hydrogen (secondary N) is 1. The smallest absolute Gasteiger partial charge is 0.273 e. The highest BCUT2D eigenvalue weighted by Crippen LogP contribution is 2.14. The summed E-state index contributed by atoms with van der Waals surface area (Å²) in [4.78, 5) is 29.7.